The van der Waals surface area contributed by atoms with Gasteiger partial charge in [0, 0.05) is 9.14 Å². The van der Waals surface area contributed by atoms with Crippen molar-refractivity contribution in [2.24, 2.45) is 0 Å². The van der Waals surface area contributed by atoms with Crippen LogP contribution in [0.15, 0.2) is 42.7 Å². The summed E-state index contributed by atoms with van der Waals surface area (Å²) < 4.78 is 6.61. The molecule has 1 aliphatic rings. The molecule has 0 unspecified atom stereocenters. The van der Waals surface area contributed by atoms with Gasteiger partial charge in [-0.15, -0.1) is 0 Å². The van der Waals surface area contributed by atoms with Crippen molar-refractivity contribution in [2.45, 2.75) is 0 Å². The summed E-state index contributed by atoms with van der Waals surface area (Å²) >= 11 is 2.28. The predicted octanol–water partition coefficient (Wildman–Crippen LogP) is 3.37. The molecule has 1 aliphatic heterocycles. The number of benzene rings is 1. The lowest BCUT2D eigenvalue weighted by Crippen LogP contribution is -1.98. The number of rotatable bonds is 0. The average Bonchev–Trinajstić information content (AvgIpc) is 2.04. The van der Waals surface area contributed by atoms with Crippen LogP contribution in [-0.4, -0.2) is 0 Å². The van der Waals surface area contributed by atoms with Gasteiger partial charge in [0.2, 0.25) is 0 Å². The van der Waals surface area contributed by atoms with Crippen molar-refractivity contribution in [2.75, 3.05) is 0 Å². The van der Waals surface area contributed by atoms with Crippen LogP contribution in [0.5, 0.6) is 5.75 Å². The van der Waals surface area contributed by atoms with Crippen molar-refractivity contribution < 1.29 is 4.74 Å². The molecule has 0 saturated heterocycles. The second-order valence-corrected chi connectivity index (χ2v) is 3.72. The van der Waals surface area contributed by atoms with Gasteiger partial charge in [-0.2, -0.15) is 0 Å². The van der Waals surface area contributed by atoms with Crippen molar-refractivity contribution in [3.8, 4) is 5.75 Å². The molecule has 0 spiro atoms. The van der Waals surface area contributed by atoms with Gasteiger partial charge < -0.3 is 4.74 Å². The fraction of sp³-hybridized carbons (Fsp3) is 0. The molecule has 0 aliphatic carbocycles. The number of para-hydroxylation sites is 1. The molecule has 0 atom stereocenters. The first-order valence-electron chi connectivity index (χ1n) is 3.61. The van der Waals surface area contributed by atoms with E-state index < -0.39 is 0 Å². The molecule has 1 nitrogen and oxygen atoms in total. The van der Waals surface area contributed by atoms with Crippen molar-refractivity contribution in [3.05, 3.63) is 48.2 Å². The van der Waals surface area contributed by atoms with E-state index in [0.29, 0.717) is 5.76 Å². The van der Waals surface area contributed by atoms with Crippen molar-refractivity contribution in [1.82, 2.24) is 0 Å². The molecular formula is C10H7IO. The number of ether oxygens (including phenoxy) is 1. The van der Waals surface area contributed by atoms with E-state index in [4.69, 9.17) is 4.74 Å². The zero-order valence-corrected chi connectivity index (χ0v) is 8.54. The number of allylic oxidation sites excluding steroid dienone is 1. The van der Waals surface area contributed by atoms with Gasteiger partial charge in [0.1, 0.15) is 11.5 Å². The van der Waals surface area contributed by atoms with E-state index in [1.807, 2.05) is 30.3 Å². The van der Waals surface area contributed by atoms with Crippen LogP contribution < -0.4 is 4.74 Å². The van der Waals surface area contributed by atoms with Gasteiger partial charge >= 0.3 is 0 Å². The minimum absolute atomic E-state index is 0.707. The second-order valence-electron chi connectivity index (χ2n) is 2.56. The molecule has 1 aromatic carbocycles. The van der Waals surface area contributed by atoms with Crippen LogP contribution in [0.4, 0.5) is 0 Å². The molecule has 1 aromatic rings. The Morgan fingerprint density at radius 3 is 2.83 bits per heavy atom. The van der Waals surface area contributed by atoms with Crippen LogP contribution in [-0.2, 0) is 0 Å². The quantitative estimate of drug-likeness (QED) is 0.657. The molecule has 0 bridgehead atoms. The van der Waals surface area contributed by atoms with E-state index in [1.54, 1.807) is 0 Å². The smallest absolute Gasteiger partial charge is 0.135 e. The lowest BCUT2D eigenvalue weighted by molar-refractivity contribution is 0.442. The maximum atomic E-state index is 5.43. The highest BCUT2D eigenvalue weighted by molar-refractivity contribution is 14.1. The van der Waals surface area contributed by atoms with Crippen LogP contribution in [0.3, 0.4) is 0 Å². The molecule has 1 heterocycles. The van der Waals surface area contributed by atoms with Gasteiger partial charge in [-0.3, -0.25) is 0 Å². The normalized spacial score (nSPS) is 14.8. The highest BCUT2D eigenvalue weighted by Gasteiger charge is 2.12. The van der Waals surface area contributed by atoms with Gasteiger partial charge in [-0.1, -0.05) is 24.8 Å². The fourth-order valence-corrected chi connectivity index (χ4v) is 1.94. The molecule has 0 aromatic heterocycles. The lowest BCUT2D eigenvalue weighted by Gasteiger charge is -2.15. The topological polar surface area (TPSA) is 9.23 Å². The van der Waals surface area contributed by atoms with Crippen molar-refractivity contribution in [1.29, 1.82) is 0 Å². The Morgan fingerprint density at radius 2 is 2.00 bits per heavy atom. The summed E-state index contributed by atoms with van der Waals surface area (Å²) in [7, 11) is 0. The molecular weight excluding hydrogens is 263 g/mol. The molecule has 12 heavy (non-hydrogen) atoms. The summed E-state index contributed by atoms with van der Waals surface area (Å²) in [5, 5.41) is 0. The van der Waals surface area contributed by atoms with Gasteiger partial charge in [0.05, 0.1) is 0 Å². The lowest BCUT2D eigenvalue weighted by atomic mass is 10.1. The molecule has 0 fully saturated rings. The number of hydrogen-bond acceptors (Lipinski definition) is 1. The minimum atomic E-state index is 0.707. The first-order chi connectivity index (χ1) is 5.77. The Bertz CT molecular complexity index is 366. The third-order valence-corrected chi connectivity index (χ3v) is 2.57. The monoisotopic (exact) mass is 270 g/mol. The molecule has 2 heteroatoms. The molecule has 2 rings (SSSR count). The summed E-state index contributed by atoms with van der Waals surface area (Å²) in [6, 6.07) is 7.95. The van der Waals surface area contributed by atoms with Gasteiger partial charge in [0.25, 0.3) is 0 Å². The van der Waals surface area contributed by atoms with E-state index in [2.05, 4.69) is 29.2 Å². The Kier molecular flexibility index (Phi) is 1.92. The Labute approximate surface area is 84.9 Å². The fourth-order valence-electron chi connectivity index (χ4n) is 1.14. The average molecular weight is 270 g/mol. The van der Waals surface area contributed by atoms with E-state index in [-0.39, 0.29) is 0 Å². The van der Waals surface area contributed by atoms with Gasteiger partial charge in [-0.25, -0.2) is 0 Å². The van der Waals surface area contributed by atoms with Crippen molar-refractivity contribution >= 4 is 26.2 Å². The molecule has 0 N–H and O–H groups in total. The second kappa shape index (κ2) is 2.94. The van der Waals surface area contributed by atoms with Crippen LogP contribution in [0.2, 0.25) is 0 Å². The highest BCUT2D eigenvalue weighted by atomic mass is 127. The van der Waals surface area contributed by atoms with Gasteiger partial charge in [0.15, 0.2) is 0 Å². The van der Waals surface area contributed by atoms with Crippen LogP contribution in [0.1, 0.15) is 5.56 Å². The standard InChI is InChI=1S/C10H7IO/c1-7-6-9(11)8-4-2-3-5-10(8)12-7/h2-6H,1H2. The molecule has 60 valence electrons. The third kappa shape index (κ3) is 1.27. The number of fused-ring (bicyclic) bond motifs is 1. The van der Waals surface area contributed by atoms with E-state index in [9.17, 15) is 0 Å². The first kappa shape index (κ1) is 7.86. The minimum Gasteiger partial charge on any atom is -0.457 e. The molecule has 0 radical (unpaired) electrons. The third-order valence-electron chi connectivity index (χ3n) is 1.67. The Morgan fingerprint density at radius 1 is 1.25 bits per heavy atom. The summed E-state index contributed by atoms with van der Waals surface area (Å²) in [5.74, 6) is 1.60. The maximum absolute atomic E-state index is 5.43. The highest BCUT2D eigenvalue weighted by Crippen LogP contribution is 2.35. The predicted molar refractivity (Wildman–Crippen MR) is 58.2 cm³/mol. The number of halogens is 1. The van der Waals surface area contributed by atoms with Gasteiger partial charge in [-0.05, 0) is 34.7 Å². The summed E-state index contributed by atoms with van der Waals surface area (Å²) in [6.45, 7) is 3.76. The number of hydrogen-bond donors (Lipinski definition) is 0. The van der Waals surface area contributed by atoms with Crippen LogP contribution in [0, 0.1) is 0 Å². The summed E-state index contributed by atoms with van der Waals surface area (Å²) in [4.78, 5) is 0. The van der Waals surface area contributed by atoms with E-state index in [1.165, 1.54) is 3.58 Å². The maximum Gasteiger partial charge on any atom is 0.135 e. The molecule has 0 saturated carbocycles. The first-order valence-corrected chi connectivity index (χ1v) is 4.68. The SMILES string of the molecule is C=C1C=C(I)c2ccccc2O1. The van der Waals surface area contributed by atoms with Crippen LogP contribution in [0.25, 0.3) is 3.58 Å². The Hall–Kier alpha value is -0.770. The Balaban J connectivity index is 2.60. The van der Waals surface area contributed by atoms with Crippen LogP contribution >= 0.6 is 22.6 Å². The molecule has 0 amide bonds. The summed E-state index contributed by atoms with van der Waals surface area (Å²) in [6.07, 6.45) is 1.93. The van der Waals surface area contributed by atoms with E-state index >= 15 is 0 Å². The zero-order valence-electron chi connectivity index (χ0n) is 6.38. The largest absolute Gasteiger partial charge is 0.457 e. The van der Waals surface area contributed by atoms with Crippen molar-refractivity contribution in [3.63, 3.8) is 0 Å². The zero-order chi connectivity index (χ0) is 8.55. The summed E-state index contributed by atoms with van der Waals surface area (Å²) in [5.41, 5.74) is 1.14. The van der Waals surface area contributed by atoms with E-state index in [0.717, 1.165) is 11.3 Å².